The summed E-state index contributed by atoms with van der Waals surface area (Å²) in [6, 6.07) is 40.0. The van der Waals surface area contributed by atoms with E-state index in [9.17, 15) is 15.2 Å². The van der Waals surface area contributed by atoms with Crippen molar-refractivity contribution in [3.8, 4) is 17.2 Å². The second-order valence-electron chi connectivity index (χ2n) is 10.5. The molecule has 5 aromatic carbocycles. The van der Waals surface area contributed by atoms with Gasteiger partial charge >= 0.3 is 5.97 Å². The molecule has 1 aliphatic carbocycles. The zero-order chi connectivity index (χ0) is 28.6. The Morgan fingerprint density at radius 1 is 0.805 bits per heavy atom. The monoisotopic (exact) mass is 534 g/mol. The summed E-state index contributed by atoms with van der Waals surface area (Å²) in [6.07, 6.45) is 3.25. The van der Waals surface area contributed by atoms with Gasteiger partial charge in [-0.25, -0.2) is 4.79 Å². The molecular weight excluding hydrogens is 504 g/mol. The van der Waals surface area contributed by atoms with Crippen molar-refractivity contribution < 1.29 is 9.90 Å². The zero-order valence-electron chi connectivity index (χ0n) is 23.1. The molecule has 0 saturated carbocycles. The molecule has 0 heterocycles. The van der Waals surface area contributed by atoms with E-state index in [4.69, 9.17) is 0 Å². The van der Waals surface area contributed by atoms with Gasteiger partial charge in [-0.2, -0.15) is 5.26 Å². The molecule has 6 rings (SSSR count). The number of rotatable bonds is 7. The largest absolute Gasteiger partial charge is 0.477 e. The van der Waals surface area contributed by atoms with Crippen molar-refractivity contribution in [1.29, 1.82) is 5.26 Å². The normalized spacial score (nSPS) is 13.3. The number of aliphatic carboxylic acids is 1. The standard InChI is InChI=1S/C37H30N2O2/c1-3-37(4-2)33-22-25(21-27(24-38)36(40)41)17-19-31(33)32-20-18-29(23-34(32)37)39(28-13-6-5-7-14-28)35-16-10-12-26-11-8-9-15-30(26)35/h5-23H,3-4H2,1-2H3,(H,40,41)/b27-21-. The number of hydrogen-bond acceptors (Lipinski definition) is 3. The fourth-order valence-corrected chi connectivity index (χ4v) is 6.46. The fraction of sp³-hybridized carbons (Fsp3) is 0.135. The van der Waals surface area contributed by atoms with Gasteiger partial charge in [0.05, 0.1) is 5.69 Å². The third-order valence-electron chi connectivity index (χ3n) is 8.52. The van der Waals surface area contributed by atoms with Crippen molar-refractivity contribution in [1.82, 2.24) is 0 Å². The summed E-state index contributed by atoms with van der Waals surface area (Å²) in [7, 11) is 0. The zero-order valence-corrected chi connectivity index (χ0v) is 23.1. The maximum Gasteiger partial charge on any atom is 0.346 e. The maximum absolute atomic E-state index is 11.5. The Labute approximate surface area is 240 Å². The Bertz CT molecular complexity index is 1850. The minimum atomic E-state index is -1.22. The van der Waals surface area contributed by atoms with Crippen molar-refractivity contribution in [3.05, 3.63) is 131 Å². The van der Waals surface area contributed by atoms with E-state index in [1.165, 1.54) is 33.5 Å². The SMILES string of the molecule is CCC1(CC)c2cc(/C=C(/C#N)C(=O)O)ccc2-c2ccc(N(c3ccccc3)c3cccc4ccccc34)cc21. The number of nitrogens with zero attached hydrogens (tertiary/aromatic N) is 2. The number of hydrogen-bond donors (Lipinski definition) is 1. The molecule has 5 aromatic rings. The van der Waals surface area contributed by atoms with E-state index in [2.05, 4.69) is 116 Å². The highest BCUT2D eigenvalue weighted by atomic mass is 16.4. The lowest BCUT2D eigenvalue weighted by molar-refractivity contribution is -0.132. The van der Waals surface area contributed by atoms with Crippen LogP contribution in [0.15, 0.2) is 115 Å². The second-order valence-corrected chi connectivity index (χ2v) is 10.5. The Kier molecular flexibility index (Phi) is 6.65. The lowest BCUT2D eigenvalue weighted by Crippen LogP contribution is -2.23. The van der Waals surface area contributed by atoms with Gasteiger partial charge in [0.25, 0.3) is 0 Å². The summed E-state index contributed by atoms with van der Waals surface area (Å²) < 4.78 is 0. The number of anilines is 3. The third kappa shape index (κ3) is 4.27. The van der Waals surface area contributed by atoms with E-state index in [0.29, 0.717) is 0 Å². The van der Waals surface area contributed by atoms with Crippen LogP contribution in [0.4, 0.5) is 17.1 Å². The molecule has 41 heavy (non-hydrogen) atoms. The van der Waals surface area contributed by atoms with Crippen LogP contribution in [0, 0.1) is 11.3 Å². The molecular formula is C37H30N2O2. The van der Waals surface area contributed by atoms with Gasteiger partial charge in [-0.1, -0.05) is 92.7 Å². The van der Waals surface area contributed by atoms with Gasteiger partial charge in [-0.3, -0.25) is 0 Å². The van der Waals surface area contributed by atoms with Crippen LogP contribution in [0.3, 0.4) is 0 Å². The molecule has 0 fully saturated rings. The molecule has 0 aliphatic heterocycles. The molecule has 0 bridgehead atoms. The number of nitriles is 1. The molecule has 1 aliphatic rings. The highest BCUT2D eigenvalue weighted by Gasteiger charge is 2.41. The van der Waals surface area contributed by atoms with E-state index in [0.717, 1.165) is 41.0 Å². The predicted octanol–water partition coefficient (Wildman–Crippen LogP) is 9.39. The first-order chi connectivity index (χ1) is 20.0. The topological polar surface area (TPSA) is 64.3 Å². The first kappa shape index (κ1) is 26.1. The Morgan fingerprint density at radius 2 is 1.46 bits per heavy atom. The lowest BCUT2D eigenvalue weighted by Gasteiger charge is -2.32. The highest BCUT2D eigenvalue weighted by molar-refractivity contribution is 5.99. The van der Waals surface area contributed by atoms with Crippen LogP contribution < -0.4 is 4.90 Å². The van der Waals surface area contributed by atoms with Gasteiger partial charge in [0.2, 0.25) is 0 Å². The van der Waals surface area contributed by atoms with Crippen LogP contribution in [-0.2, 0) is 10.2 Å². The first-order valence-electron chi connectivity index (χ1n) is 14.0. The molecule has 0 amide bonds. The van der Waals surface area contributed by atoms with Crippen LogP contribution in [0.25, 0.3) is 28.0 Å². The summed E-state index contributed by atoms with van der Waals surface area (Å²) in [4.78, 5) is 13.8. The van der Waals surface area contributed by atoms with Crippen molar-refractivity contribution in [2.24, 2.45) is 0 Å². The van der Waals surface area contributed by atoms with E-state index < -0.39 is 5.97 Å². The smallest absolute Gasteiger partial charge is 0.346 e. The van der Waals surface area contributed by atoms with Gasteiger partial charge < -0.3 is 10.0 Å². The number of carboxylic acid groups (broad SMARTS) is 1. The summed E-state index contributed by atoms with van der Waals surface area (Å²) in [5, 5.41) is 21.1. The van der Waals surface area contributed by atoms with Crippen LogP contribution in [0.2, 0.25) is 0 Å². The number of fused-ring (bicyclic) bond motifs is 4. The summed E-state index contributed by atoms with van der Waals surface area (Å²) >= 11 is 0. The summed E-state index contributed by atoms with van der Waals surface area (Å²) in [5.74, 6) is -1.22. The molecule has 0 unspecified atom stereocenters. The van der Waals surface area contributed by atoms with Crippen molar-refractivity contribution >= 4 is 39.9 Å². The Hall–Kier alpha value is -5.14. The van der Waals surface area contributed by atoms with Crippen LogP contribution >= 0.6 is 0 Å². The molecule has 200 valence electrons. The molecule has 0 aromatic heterocycles. The van der Waals surface area contributed by atoms with Crippen molar-refractivity contribution in [3.63, 3.8) is 0 Å². The van der Waals surface area contributed by atoms with Crippen LogP contribution in [-0.4, -0.2) is 11.1 Å². The molecule has 0 saturated heterocycles. The average molecular weight is 535 g/mol. The number of carbonyl (C=O) groups is 1. The Morgan fingerprint density at radius 3 is 2.17 bits per heavy atom. The fourth-order valence-electron chi connectivity index (χ4n) is 6.46. The van der Waals surface area contributed by atoms with Gasteiger partial charge in [0.15, 0.2) is 0 Å². The number of carboxylic acids is 1. The van der Waals surface area contributed by atoms with Crippen LogP contribution in [0.5, 0.6) is 0 Å². The van der Waals surface area contributed by atoms with Gasteiger partial charge in [-0.05, 0) is 82.5 Å². The maximum atomic E-state index is 11.5. The summed E-state index contributed by atoms with van der Waals surface area (Å²) in [5.41, 5.74) is 8.34. The predicted molar refractivity (Wildman–Crippen MR) is 167 cm³/mol. The molecule has 1 N–H and O–H groups in total. The minimum absolute atomic E-state index is 0.234. The van der Waals surface area contributed by atoms with Crippen molar-refractivity contribution in [2.75, 3.05) is 4.90 Å². The third-order valence-corrected chi connectivity index (χ3v) is 8.52. The molecule has 4 nitrogen and oxygen atoms in total. The van der Waals surface area contributed by atoms with E-state index in [1.807, 2.05) is 12.1 Å². The second kappa shape index (κ2) is 10.4. The van der Waals surface area contributed by atoms with Gasteiger partial charge in [0.1, 0.15) is 11.6 Å². The highest BCUT2D eigenvalue weighted by Crippen LogP contribution is 2.54. The van der Waals surface area contributed by atoms with Crippen molar-refractivity contribution in [2.45, 2.75) is 32.1 Å². The van der Waals surface area contributed by atoms with Gasteiger partial charge in [0, 0.05) is 22.2 Å². The summed E-state index contributed by atoms with van der Waals surface area (Å²) in [6.45, 7) is 4.43. The first-order valence-corrected chi connectivity index (χ1v) is 14.0. The average Bonchev–Trinajstić information content (AvgIpc) is 3.29. The number of para-hydroxylation sites is 1. The molecule has 4 heteroatoms. The molecule has 0 atom stereocenters. The van der Waals surface area contributed by atoms with E-state index >= 15 is 0 Å². The quantitative estimate of drug-likeness (QED) is 0.167. The molecule has 0 radical (unpaired) electrons. The minimum Gasteiger partial charge on any atom is -0.477 e. The van der Waals surface area contributed by atoms with Gasteiger partial charge in [-0.15, -0.1) is 0 Å². The number of benzene rings is 5. The Balaban J connectivity index is 1.55. The van der Waals surface area contributed by atoms with E-state index in [1.54, 1.807) is 6.07 Å². The molecule has 0 spiro atoms. The van der Waals surface area contributed by atoms with E-state index in [-0.39, 0.29) is 11.0 Å². The lowest BCUT2D eigenvalue weighted by atomic mass is 9.73. The van der Waals surface area contributed by atoms with Crippen LogP contribution in [0.1, 0.15) is 43.4 Å².